The van der Waals surface area contributed by atoms with Crippen molar-refractivity contribution >= 4 is 104 Å². The standard InChI is InChI=1S/C48H30N2SSe/c1-2-11-33(12-3-1)50-42-17-7-4-13-36(42)37-27-23-32(29-44(37)50)31-21-24-34(25-22-31)49(35-26-28-40-39-15-6-9-20-46(39)52-47(40)30-35)43-18-10-16-41-38-14-5-8-19-45(38)51-48(41)43/h1-30H. The van der Waals surface area contributed by atoms with Gasteiger partial charge in [-0.05, 0) is 18.2 Å². The summed E-state index contributed by atoms with van der Waals surface area (Å²) in [4.78, 5) is 2.47. The molecule has 0 bridgehead atoms. The summed E-state index contributed by atoms with van der Waals surface area (Å²) >= 11 is 2.16. The van der Waals surface area contributed by atoms with E-state index in [1.807, 2.05) is 11.3 Å². The van der Waals surface area contributed by atoms with Gasteiger partial charge in [0, 0.05) is 11.1 Å². The number of nitrogens with zero attached hydrogens (tertiary/aromatic N) is 2. The van der Waals surface area contributed by atoms with E-state index >= 15 is 0 Å². The number of rotatable bonds is 5. The maximum Gasteiger partial charge on any atom is -0.0380 e. The zero-order valence-electron chi connectivity index (χ0n) is 28.0. The molecule has 0 unspecified atom stereocenters. The van der Waals surface area contributed by atoms with Gasteiger partial charge in [-0.25, -0.2) is 0 Å². The quantitative estimate of drug-likeness (QED) is 0.159. The molecule has 0 fully saturated rings. The largest absolute Gasteiger partial charge is 0.0602 e. The number of benzene rings is 8. The summed E-state index contributed by atoms with van der Waals surface area (Å²) in [5.74, 6) is 0. The smallest absolute Gasteiger partial charge is 0.0380 e. The Morgan fingerprint density at radius 2 is 1.08 bits per heavy atom. The van der Waals surface area contributed by atoms with Crippen molar-refractivity contribution in [2.24, 2.45) is 0 Å². The molecule has 0 saturated heterocycles. The Bertz CT molecular complexity index is 3130. The summed E-state index contributed by atoms with van der Waals surface area (Å²) < 4.78 is 7.92. The number of fused-ring (bicyclic) bond motifs is 9. The van der Waals surface area contributed by atoms with Gasteiger partial charge in [0.25, 0.3) is 0 Å². The number of thiophene rings is 1. The van der Waals surface area contributed by atoms with Crippen molar-refractivity contribution < 1.29 is 0 Å². The molecule has 0 aliphatic heterocycles. The molecule has 0 atom stereocenters. The molecule has 0 spiro atoms. The van der Waals surface area contributed by atoms with E-state index in [0.29, 0.717) is 0 Å². The second-order valence-corrected chi connectivity index (χ2v) is 16.7. The molecule has 0 saturated carbocycles. The molecule has 8 aromatic carbocycles. The van der Waals surface area contributed by atoms with E-state index in [1.165, 1.54) is 89.5 Å². The predicted octanol–water partition coefficient (Wildman–Crippen LogP) is 13.7. The Morgan fingerprint density at radius 1 is 0.423 bits per heavy atom. The second kappa shape index (κ2) is 11.8. The fourth-order valence-corrected chi connectivity index (χ4v) is 11.6. The van der Waals surface area contributed by atoms with Crippen LogP contribution in [0.2, 0.25) is 0 Å². The van der Waals surface area contributed by atoms with E-state index in [-0.39, 0.29) is 14.5 Å². The van der Waals surface area contributed by atoms with Crippen LogP contribution in [0.1, 0.15) is 0 Å². The normalized spacial score (nSPS) is 11.8. The van der Waals surface area contributed by atoms with Crippen LogP contribution in [0, 0.1) is 0 Å². The van der Waals surface area contributed by atoms with Crippen LogP contribution in [0.5, 0.6) is 0 Å². The number of para-hydroxylation sites is 2. The zero-order chi connectivity index (χ0) is 34.2. The van der Waals surface area contributed by atoms with Crippen LogP contribution < -0.4 is 4.90 Å². The van der Waals surface area contributed by atoms with Crippen molar-refractivity contribution in [3.63, 3.8) is 0 Å². The van der Waals surface area contributed by atoms with Crippen molar-refractivity contribution in [2.75, 3.05) is 4.90 Å². The molecule has 0 N–H and O–H groups in total. The molecule has 0 aliphatic rings. The SMILES string of the molecule is c1ccc(-n2c3ccccc3c3ccc(-c4ccc(N(c5ccc6c(c5)[se]c5ccccc56)c5cccc6c5sc5ccccc56)cc4)cc32)cc1. The summed E-state index contributed by atoms with van der Waals surface area (Å²) in [6, 6.07) is 67.0. The molecule has 2 nitrogen and oxygen atoms in total. The van der Waals surface area contributed by atoms with E-state index in [2.05, 4.69) is 191 Å². The number of hydrogen-bond acceptors (Lipinski definition) is 2. The topological polar surface area (TPSA) is 8.17 Å². The Balaban J connectivity index is 1.08. The van der Waals surface area contributed by atoms with Gasteiger partial charge in [-0.1, -0.05) is 36.4 Å². The molecule has 0 radical (unpaired) electrons. The van der Waals surface area contributed by atoms with E-state index in [1.54, 1.807) is 0 Å². The average Bonchev–Trinajstić information content (AvgIpc) is 3.88. The van der Waals surface area contributed by atoms with Gasteiger partial charge in [0.2, 0.25) is 0 Å². The van der Waals surface area contributed by atoms with E-state index in [9.17, 15) is 0 Å². The van der Waals surface area contributed by atoms with Crippen molar-refractivity contribution in [1.82, 2.24) is 4.57 Å². The van der Waals surface area contributed by atoms with Gasteiger partial charge in [0.15, 0.2) is 0 Å². The minimum absolute atomic E-state index is 0.280. The fourth-order valence-electron chi connectivity index (χ4n) is 8.00. The third kappa shape index (κ3) is 4.62. The molecule has 0 amide bonds. The van der Waals surface area contributed by atoms with Crippen LogP contribution in [0.4, 0.5) is 17.1 Å². The van der Waals surface area contributed by atoms with Gasteiger partial charge in [0.05, 0.1) is 5.52 Å². The molecule has 11 rings (SSSR count). The molecule has 0 aliphatic carbocycles. The Morgan fingerprint density at radius 3 is 1.96 bits per heavy atom. The first kappa shape index (κ1) is 29.8. The third-order valence-corrected chi connectivity index (χ3v) is 14.0. The van der Waals surface area contributed by atoms with Crippen LogP contribution >= 0.6 is 11.3 Å². The Labute approximate surface area is 310 Å². The third-order valence-electron chi connectivity index (χ3n) is 10.4. The Kier molecular flexibility index (Phi) is 6.78. The summed E-state index contributed by atoms with van der Waals surface area (Å²) in [6.07, 6.45) is 0. The average molecular weight is 746 g/mol. The molecule has 244 valence electrons. The van der Waals surface area contributed by atoms with Crippen molar-refractivity contribution in [2.45, 2.75) is 0 Å². The monoisotopic (exact) mass is 746 g/mol. The second-order valence-electron chi connectivity index (χ2n) is 13.3. The van der Waals surface area contributed by atoms with E-state index in [0.717, 1.165) is 5.69 Å². The summed E-state index contributed by atoms with van der Waals surface area (Å²) in [6.45, 7) is 0. The summed E-state index contributed by atoms with van der Waals surface area (Å²) in [5, 5.41) is 7.92. The van der Waals surface area contributed by atoms with Crippen molar-refractivity contribution in [3.05, 3.63) is 182 Å². The summed E-state index contributed by atoms with van der Waals surface area (Å²) in [5.41, 5.74) is 9.57. The van der Waals surface area contributed by atoms with Crippen molar-refractivity contribution in [1.29, 1.82) is 0 Å². The first-order valence-electron chi connectivity index (χ1n) is 17.6. The van der Waals surface area contributed by atoms with Gasteiger partial charge in [-0.2, -0.15) is 0 Å². The van der Waals surface area contributed by atoms with Crippen molar-refractivity contribution in [3.8, 4) is 16.8 Å². The van der Waals surface area contributed by atoms with Crippen LogP contribution in [-0.4, -0.2) is 19.1 Å². The number of hydrogen-bond donors (Lipinski definition) is 0. The fraction of sp³-hybridized carbons (Fsp3) is 0. The minimum atomic E-state index is 0.280. The molecule has 3 aromatic heterocycles. The molecule has 3 heterocycles. The molecule has 52 heavy (non-hydrogen) atoms. The van der Waals surface area contributed by atoms with Gasteiger partial charge < -0.3 is 0 Å². The Hall–Kier alpha value is -5.90. The van der Waals surface area contributed by atoms with Gasteiger partial charge in [0.1, 0.15) is 0 Å². The predicted molar refractivity (Wildman–Crippen MR) is 226 cm³/mol. The first-order chi connectivity index (χ1) is 25.8. The van der Waals surface area contributed by atoms with Crippen LogP contribution in [0.15, 0.2) is 182 Å². The molecule has 11 aromatic rings. The molecule has 4 heteroatoms. The molecular weight excluding hydrogens is 716 g/mol. The van der Waals surface area contributed by atoms with E-state index < -0.39 is 0 Å². The number of aromatic nitrogens is 1. The van der Waals surface area contributed by atoms with E-state index in [4.69, 9.17) is 0 Å². The van der Waals surface area contributed by atoms with Gasteiger partial charge in [-0.15, -0.1) is 0 Å². The minimum Gasteiger partial charge on any atom is -0.0602 e. The number of anilines is 3. The van der Waals surface area contributed by atoms with Gasteiger partial charge >= 0.3 is 241 Å². The van der Waals surface area contributed by atoms with Crippen LogP contribution in [0.3, 0.4) is 0 Å². The van der Waals surface area contributed by atoms with Crippen LogP contribution in [0.25, 0.3) is 78.1 Å². The first-order valence-corrected chi connectivity index (χ1v) is 20.1. The maximum absolute atomic E-state index is 2.47. The van der Waals surface area contributed by atoms with Crippen LogP contribution in [-0.2, 0) is 0 Å². The molecular formula is C48H30N2SSe. The zero-order valence-corrected chi connectivity index (χ0v) is 30.6. The van der Waals surface area contributed by atoms with Gasteiger partial charge in [-0.3, -0.25) is 0 Å². The maximum atomic E-state index is 2.47. The summed E-state index contributed by atoms with van der Waals surface area (Å²) in [7, 11) is 0.